The van der Waals surface area contributed by atoms with Crippen LogP contribution in [0.5, 0.6) is 0 Å². The molecular formula is C8H16N2O2. The lowest BCUT2D eigenvalue weighted by Gasteiger charge is -2.39. The molecule has 4 heteroatoms. The number of nitrogens with one attached hydrogen (secondary N) is 1. The zero-order valence-corrected chi connectivity index (χ0v) is 7.83. The predicted octanol–water partition coefficient (Wildman–Crippen LogP) is 0.435. The molecule has 1 aliphatic rings. The first-order chi connectivity index (χ1) is 5.63. The van der Waals surface area contributed by atoms with Gasteiger partial charge in [-0.3, -0.25) is 0 Å². The molecule has 1 amide bonds. The van der Waals surface area contributed by atoms with Crippen LogP contribution < -0.4 is 5.32 Å². The van der Waals surface area contributed by atoms with E-state index >= 15 is 0 Å². The number of ether oxygens (including phenoxy) is 1. The Kier molecular flexibility index (Phi) is 2.92. The Morgan fingerprint density at radius 1 is 1.58 bits per heavy atom. The number of rotatable bonds is 2. The average molecular weight is 172 g/mol. The quantitative estimate of drug-likeness (QED) is 0.657. The molecule has 0 spiro atoms. The Morgan fingerprint density at radius 2 is 2.17 bits per heavy atom. The number of hydrogen-bond acceptors (Lipinski definition) is 3. The molecule has 0 bridgehead atoms. The van der Waals surface area contributed by atoms with Crippen molar-refractivity contribution in [3.8, 4) is 0 Å². The molecule has 0 aromatic carbocycles. The summed E-state index contributed by atoms with van der Waals surface area (Å²) in [6, 6.07) is 0.930. The molecule has 1 rings (SSSR count). The third kappa shape index (κ3) is 2.11. The lowest BCUT2D eigenvalue weighted by Crippen LogP contribution is -2.61. The van der Waals surface area contributed by atoms with Gasteiger partial charge in [-0.2, -0.15) is 0 Å². The van der Waals surface area contributed by atoms with Crippen LogP contribution in [-0.2, 0) is 4.74 Å². The fraction of sp³-hybridized carbons (Fsp3) is 0.875. The van der Waals surface area contributed by atoms with Gasteiger partial charge in [0, 0.05) is 25.2 Å². The van der Waals surface area contributed by atoms with E-state index in [2.05, 4.69) is 23.9 Å². The molecule has 12 heavy (non-hydrogen) atoms. The predicted molar refractivity (Wildman–Crippen MR) is 46.0 cm³/mol. The van der Waals surface area contributed by atoms with Crippen LogP contribution in [0.1, 0.15) is 13.8 Å². The van der Waals surface area contributed by atoms with Gasteiger partial charge in [0.15, 0.2) is 0 Å². The molecule has 0 atom stereocenters. The molecule has 1 fully saturated rings. The zero-order valence-electron chi connectivity index (χ0n) is 7.83. The van der Waals surface area contributed by atoms with Gasteiger partial charge in [-0.1, -0.05) is 13.8 Å². The van der Waals surface area contributed by atoms with Crippen molar-refractivity contribution in [3.63, 3.8) is 0 Å². The van der Waals surface area contributed by atoms with Crippen molar-refractivity contribution < 1.29 is 9.53 Å². The first-order valence-corrected chi connectivity index (χ1v) is 4.22. The topological polar surface area (TPSA) is 41.6 Å². The maximum atomic E-state index is 10.9. The van der Waals surface area contributed by atoms with Gasteiger partial charge >= 0.3 is 6.09 Å². The molecule has 70 valence electrons. The van der Waals surface area contributed by atoms with E-state index in [1.54, 1.807) is 4.90 Å². The molecule has 1 N–H and O–H groups in total. The Morgan fingerprint density at radius 3 is 2.58 bits per heavy atom. The van der Waals surface area contributed by atoms with E-state index in [1.165, 1.54) is 7.11 Å². The second-order valence-electron chi connectivity index (χ2n) is 3.39. The average Bonchev–Trinajstić information content (AvgIpc) is 1.94. The lowest BCUT2D eigenvalue weighted by atomic mass is 10.1. The number of carbonyl (C=O) groups excluding carboxylic acids is 1. The molecule has 0 aromatic rings. The lowest BCUT2D eigenvalue weighted by molar-refractivity contribution is 0.0781. The number of amides is 1. The Bertz CT molecular complexity index is 164. The number of carbonyl (C=O) groups is 1. The van der Waals surface area contributed by atoms with Crippen molar-refractivity contribution >= 4 is 6.09 Å². The minimum Gasteiger partial charge on any atom is -0.453 e. The van der Waals surface area contributed by atoms with Crippen LogP contribution in [0.4, 0.5) is 4.79 Å². The number of methoxy groups -OCH3 is 1. The van der Waals surface area contributed by atoms with Crippen molar-refractivity contribution in [2.24, 2.45) is 0 Å². The van der Waals surface area contributed by atoms with E-state index in [9.17, 15) is 4.79 Å². The van der Waals surface area contributed by atoms with Crippen LogP contribution in [-0.4, -0.2) is 43.3 Å². The van der Waals surface area contributed by atoms with Crippen molar-refractivity contribution in [2.75, 3.05) is 20.2 Å². The molecule has 1 heterocycles. The smallest absolute Gasteiger partial charge is 0.409 e. The van der Waals surface area contributed by atoms with Crippen LogP contribution in [0, 0.1) is 0 Å². The summed E-state index contributed by atoms with van der Waals surface area (Å²) >= 11 is 0. The summed E-state index contributed by atoms with van der Waals surface area (Å²) in [6.07, 6.45) is -0.225. The maximum Gasteiger partial charge on any atom is 0.409 e. The fourth-order valence-corrected chi connectivity index (χ4v) is 1.33. The summed E-state index contributed by atoms with van der Waals surface area (Å²) in [4.78, 5) is 12.6. The molecule has 0 unspecified atom stereocenters. The van der Waals surface area contributed by atoms with E-state index in [0.717, 1.165) is 13.1 Å². The van der Waals surface area contributed by atoms with Crippen LogP contribution >= 0.6 is 0 Å². The van der Waals surface area contributed by atoms with E-state index < -0.39 is 0 Å². The number of nitrogens with zero attached hydrogens (tertiary/aromatic N) is 1. The van der Waals surface area contributed by atoms with E-state index in [0.29, 0.717) is 12.1 Å². The third-order valence-corrected chi connectivity index (χ3v) is 1.88. The first-order valence-electron chi connectivity index (χ1n) is 4.22. The summed E-state index contributed by atoms with van der Waals surface area (Å²) in [5.41, 5.74) is 0. The number of hydrogen-bond donors (Lipinski definition) is 1. The highest BCUT2D eigenvalue weighted by molar-refractivity contribution is 5.68. The molecule has 0 radical (unpaired) electrons. The Balaban J connectivity index is 2.15. The van der Waals surface area contributed by atoms with Gasteiger partial charge in [0.25, 0.3) is 0 Å². The van der Waals surface area contributed by atoms with Crippen LogP contribution in [0.15, 0.2) is 0 Å². The summed E-state index contributed by atoms with van der Waals surface area (Å²) < 4.78 is 4.57. The SMILES string of the molecule is COC(=O)N1CC(NC(C)C)C1. The van der Waals surface area contributed by atoms with Gasteiger partial charge in [0.05, 0.1) is 7.11 Å². The molecule has 0 aromatic heterocycles. The maximum absolute atomic E-state index is 10.9. The second kappa shape index (κ2) is 3.76. The monoisotopic (exact) mass is 172 g/mol. The van der Waals surface area contributed by atoms with Crippen LogP contribution in [0.25, 0.3) is 0 Å². The second-order valence-corrected chi connectivity index (χ2v) is 3.39. The van der Waals surface area contributed by atoms with Gasteiger partial charge in [0.2, 0.25) is 0 Å². The highest BCUT2D eigenvalue weighted by Crippen LogP contribution is 2.09. The van der Waals surface area contributed by atoms with Crippen molar-refractivity contribution in [1.29, 1.82) is 0 Å². The zero-order chi connectivity index (χ0) is 9.14. The Hall–Kier alpha value is -0.770. The van der Waals surface area contributed by atoms with Crippen molar-refractivity contribution in [1.82, 2.24) is 10.2 Å². The summed E-state index contributed by atoms with van der Waals surface area (Å²) in [7, 11) is 1.41. The van der Waals surface area contributed by atoms with Crippen molar-refractivity contribution in [3.05, 3.63) is 0 Å². The standard InChI is InChI=1S/C8H16N2O2/c1-6(2)9-7-4-10(5-7)8(11)12-3/h6-7,9H,4-5H2,1-3H3. The highest BCUT2D eigenvalue weighted by Gasteiger charge is 2.30. The highest BCUT2D eigenvalue weighted by atomic mass is 16.5. The van der Waals surface area contributed by atoms with E-state index in [-0.39, 0.29) is 6.09 Å². The van der Waals surface area contributed by atoms with E-state index in [1.807, 2.05) is 0 Å². The van der Waals surface area contributed by atoms with Gasteiger partial charge in [-0.15, -0.1) is 0 Å². The molecule has 0 saturated carbocycles. The van der Waals surface area contributed by atoms with E-state index in [4.69, 9.17) is 0 Å². The summed E-state index contributed by atoms with van der Waals surface area (Å²) in [6.45, 7) is 5.73. The van der Waals surface area contributed by atoms with Crippen LogP contribution in [0.2, 0.25) is 0 Å². The van der Waals surface area contributed by atoms with Gasteiger partial charge < -0.3 is 15.0 Å². The number of likely N-dealkylation sites (tertiary alicyclic amines) is 1. The van der Waals surface area contributed by atoms with Crippen molar-refractivity contribution in [2.45, 2.75) is 25.9 Å². The summed E-state index contributed by atoms with van der Waals surface area (Å²) in [5, 5.41) is 3.34. The van der Waals surface area contributed by atoms with Gasteiger partial charge in [-0.25, -0.2) is 4.79 Å². The largest absolute Gasteiger partial charge is 0.453 e. The minimum absolute atomic E-state index is 0.225. The normalized spacial score (nSPS) is 17.8. The Labute approximate surface area is 72.9 Å². The van der Waals surface area contributed by atoms with Crippen LogP contribution in [0.3, 0.4) is 0 Å². The molecule has 4 nitrogen and oxygen atoms in total. The van der Waals surface area contributed by atoms with Gasteiger partial charge in [0.1, 0.15) is 0 Å². The first kappa shape index (κ1) is 9.32. The van der Waals surface area contributed by atoms with Gasteiger partial charge in [-0.05, 0) is 0 Å². The molecule has 1 saturated heterocycles. The third-order valence-electron chi connectivity index (χ3n) is 1.88. The molecular weight excluding hydrogens is 156 g/mol. The minimum atomic E-state index is -0.225. The molecule has 1 aliphatic heterocycles. The molecule has 0 aliphatic carbocycles. The fourth-order valence-electron chi connectivity index (χ4n) is 1.33. The summed E-state index contributed by atoms with van der Waals surface area (Å²) in [5.74, 6) is 0.